The molecule has 0 aliphatic heterocycles. The lowest BCUT2D eigenvalue weighted by molar-refractivity contribution is 0.0687. The topological polar surface area (TPSA) is 184 Å². The molecule has 17 heteroatoms. The quantitative estimate of drug-likeness (QED) is 0.0246. The summed E-state index contributed by atoms with van der Waals surface area (Å²) in [5.74, 6) is 7.22. The highest BCUT2D eigenvalue weighted by Gasteiger charge is 2.39. The lowest BCUT2D eigenvalue weighted by atomic mass is 9.86. The Labute approximate surface area is 916 Å². The molecule has 0 spiro atoms. The van der Waals surface area contributed by atoms with Gasteiger partial charge in [-0.15, -0.1) is 0 Å². The Morgan fingerprint density at radius 1 is 0.268 bits per heavy atom. The molecule has 2 heterocycles. The third kappa shape index (κ3) is 62.0. The molecular formula is C132H227N9O8. The van der Waals surface area contributed by atoms with Gasteiger partial charge in [0.2, 0.25) is 11.8 Å². The second-order valence-corrected chi connectivity index (χ2v) is 56.9. The molecule has 0 bridgehead atoms. The zero-order chi connectivity index (χ0) is 114. The number of aromatic nitrogens is 2. The van der Waals surface area contributed by atoms with Gasteiger partial charge in [-0.3, -0.25) is 0 Å². The molecule has 7 N–H and O–H groups in total. The molecule has 5 aromatic carbocycles. The number of benzene rings is 5. The van der Waals surface area contributed by atoms with E-state index in [1.54, 1.807) is 6.20 Å². The first-order valence-electron chi connectivity index (χ1n) is 57.3. The Hall–Kier alpha value is -7.48. The van der Waals surface area contributed by atoms with E-state index in [-0.39, 0.29) is 84.2 Å². The van der Waals surface area contributed by atoms with Gasteiger partial charge in [-0.25, -0.2) is 9.97 Å². The van der Waals surface area contributed by atoms with Crippen LogP contribution in [0.4, 0.5) is 0 Å². The van der Waals surface area contributed by atoms with Crippen LogP contribution in [0.5, 0.6) is 46.3 Å². The summed E-state index contributed by atoms with van der Waals surface area (Å²) >= 11 is 0. The van der Waals surface area contributed by atoms with Crippen molar-refractivity contribution < 1.29 is 37.9 Å². The fourth-order valence-corrected chi connectivity index (χ4v) is 16.8. The monoisotopic (exact) mass is 2070 g/mol. The third-order valence-corrected chi connectivity index (χ3v) is 24.4. The molecule has 0 radical (unpaired) electrons. The van der Waals surface area contributed by atoms with Crippen LogP contribution in [0.3, 0.4) is 0 Å². The standard InChI is InChI=1S/C19H32N2O.C19H31NO.C18H30N2O2.2C18H29NO.2C17H29NO.3C2H6/c1-18(2,3)9-7-14-8-10-20-17(11-14)22-16-12-15(13-16)21-19(4,5)6;1-18(2,3)13-14-8-7-9-16(10-14)21-17-11-15(12-17)20-19(4,5)6;1-17(2,3)12-21-14-7-8-19-16(11-14)22-15-9-13(10-15)20-18(4,5)6;2*1-17(2,3)13-8-7-9-15(10-13)20-16-11-14(12-16)19-18(4,5)6;2*1-13(12-18-17(5,6)7)19-15-10-8-9-14(11-15)16(2,3)4;3*1-2/h8,10-11,15-16,21H,7,9,12-13H2,1-6H3;7-10,15,17,20H,11-13H2,1-6H3;7-8,11,13,15,20H,9-10,12H2,1-6H3;2*7-10,14,16,19H,11-12H2,1-6H3;2*8-11,13,18H,12H2,1-7H3;3*1-2H3/t;;;;;2*13-;;;/m.....10.../s1. The van der Waals surface area contributed by atoms with E-state index in [9.17, 15) is 0 Å². The zero-order valence-electron chi connectivity index (χ0n) is 105. The van der Waals surface area contributed by atoms with E-state index in [1.807, 2.05) is 72.0 Å². The van der Waals surface area contributed by atoms with Crippen molar-refractivity contribution in [2.75, 3.05) is 19.7 Å². The normalized spacial score (nSPS) is 19.8. The second-order valence-electron chi connectivity index (χ2n) is 56.9. The zero-order valence-corrected chi connectivity index (χ0v) is 105. The summed E-state index contributed by atoms with van der Waals surface area (Å²) in [4.78, 5) is 8.65. The molecule has 2 atom stereocenters. The largest absolute Gasteiger partial charge is 0.493 e. The Morgan fingerprint density at radius 2 is 0.537 bits per heavy atom. The summed E-state index contributed by atoms with van der Waals surface area (Å²) in [6.45, 7) is 112. The lowest BCUT2D eigenvalue weighted by Gasteiger charge is -2.40. The van der Waals surface area contributed by atoms with Gasteiger partial charge in [0, 0.05) is 107 Å². The Morgan fingerprint density at radius 3 is 0.812 bits per heavy atom. The molecule has 848 valence electrons. The molecule has 2 aromatic heterocycles. The van der Waals surface area contributed by atoms with E-state index in [2.05, 4.69) is 473 Å². The molecule has 7 aromatic rings. The van der Waals surface area contributed by atoms with Crippen molar-refractivity contribution in [2.24, 2.45) is 16.2 Å². The van der Waals surface area contributed by atoms with Crippen LogP contribution in [0, 0.1) is 16.2 Å². The van der Waals surface area contributed by atoms with Crippen LogP contribution in [0.15, 0.2) is 158 Å². The Bertz CT molecular complexity index is 4560. The minimum Gasteiger partial charge on any atom is -0.493 e. The number of hydrogen-bond donors (Lipinski definition) is 7. The van der Waals surface area contributed by atoms with Gasteiger partial charge in [0.25, 0.3) is 0 Å². The summed E-state index contributed by atoms with van der Waals surface area (Å²) < 4.78 is 48.0. The van der Waals surface area contributed by atoms with E-state index < -0.39 is 0 Å². The van der Waals surface area contributed by atoms with Crippen molar-refractivity contribution in [1.29, 1.82) is 0 Å². The van der Waals surface area contributed by atoms with Gasteiger partial charge in [-0.1, -0.05) is 248 Å². The fraction of sp³-hybridized carbons (Fsp3) is 0.697. The molecule has 5 aliphatic rings. The molecule has 5 saturated carbocycles. The highest BCUT2D eigenvalue weighted by molar-refractivity contribution is 5.37. The Kier molecular flexibility index (Phi) is 54.6. The van der Waals surface area contributed by atoms with E-state index in [0.29, 0.717) is 77.9 Å². The minimum atomic E-state index is 0.130. The number of nitrogens with one attached hydrogen (secondary N) is 7. The van der Waals surface area contributed by atoms with Gasteiger partial charge in [-0.2, -0.15) is 0 Å². The van der Waals surface area contributed by atoms with Gasteiger partial charge in [0.05, 0.1) is 6.61 Å². The molecular weight excluding hydrogens is 1840 g/mol. The van der Waals surface area contributed by atoms with Crippen LogP contribution in [0.1, 0.15) is 450 Å². The predicted molar refractivity (Wildman–Crippen MR) is 643 cm³/mol. The maximum absolute atomic E-state index is 6.11. The van der Waals surface area contributed by atoms with Gasteiger partial charge >= 0.3 is 0 Å². The van der Waals surface area contributed by atoms with Gasteiger partial charge < -0.3 is 75.1 Å². The molecule has 17 nitrogen and oxygen atoms in total. The fourth-order valence-electron chi connectivity index (χ4n) is 16.8. The summed E-state index contributed by atoms with van der Waals surface area (Å²) in [5, 5.41) is 25.0. The van der Waals surface area contributed by atoms with Crippen LogP contribution in [0.2, 0.25) is 0 Å². The average molecular weight is 2070 g/mol. The molecule has 0 saturated heterocycles. The van der Waals surface area contributed by atoms with Crippen molar-refractivity contribution >= 4 is 0 Å². The van der Waals surface area contributed by atoms with E-state index in [0.717, 1.165) is 131 Å². The average Bonchev–Trinajstić information content (AvgIpc) is 0.810. The van der Waals surface area contributed by atoms with Crippen molar-refractivity contribution in [3.63, 3.8) is 0 Å². The van der Waals surface area contributed by atoms with Crippen LogP contribution < -0.4 is 75.1 Å². The molecule has 5 fully saturated rings. The van der Waals surface area contributed by atoms with Crippen LogP contribution >= 0.6 is 0 Å². The SMILES string of the molecule is CC.CC.CC.CC(C)(C)CCc1ccnc(OC2CC(NC(C)(C)C)C2)c1.CC(C)(C)COc1ccnc(OC2CC(NC(C)(C)C)C2)c1.CC(C)(C)Cc1cccc(OC2CC(NC(C)(C)C)C2)c1.CC(C)(C)NC1CC(Oc2cccc(C(C)(C)C)c2)C1.CC(C)(C)NC1CC(Oc2cccc(C(C)(C)C)c2)C1.C[C@@H](CNC(C)(C)C)Oc1cccc(C(C)(C)C)c1.C[C@H](CNC(C)(C)C)Oc1cccc(C(C)(C)C)c1. The van der Waals surface area contributed by atoms with Crippen LogP contribution in [-0.2, 0) is 34.5 Å². The molecule has 5 aliphatic carbocycles. The first-order valence-corrected chi connectivity index (χ1v) is 57.3. The molecule has 149 heavy (non-hydrogen) atoms. The highest BCUT2D eigenvalue weighted by Crippen LogP contribution is 2.38. The molecule has 0 unspecified atom stereocenters. The van der Waals surface area contributed by atoms with E-state index >= 15 is 0 Å². The van der Waals surface area contributed by atoms with Gasteiger partial charge in [0.1, 0.15) is 77.2 Å². The third-order valence-electron chi connectivity index (χ3n) is 24.4. The first kappa shape index (κ1) is 136. The van der Waals surface area contributed by atoms with E-state index in [4.69, 9.17) is 37.9 Å². The van der Waals surface area contributed by atoms with Crippen molar-refractivity contribution in [1.82, 2.24) is 47.2 Å². The summed E-state index contributed by atoms with van der Waals surface area (Å²) in [6, 6.07) is 53.4. The molecule has 0 amide bonds. The van der Waals surface area contributed by atoms with Crippen molar-refractivity contribution in [3.05, 3.63) is 191 Å². The van der Waals surface area contributed by atoms with Gasteiger partial charge in [0.15, 0.2) is 0 Å². The van der Waals surface area contributed by atoms with Gasteiger partial charge in [-0.05, 0) is 387 Å². The highest BCUT2D eigenvalue weighted by atomic mass is 16.5. The number of ether oxygens (including phenoxy) is 8. The molecule has 12 rings (SSSR count). The maximum Gasteiger partial charge on any atom is 0.217 e. The maximum atomic E-state index is 6.11. The predicted octanol–water partition coefficient (Wildman–Crippen LogP) is 32.7. The smallest absolute Gasteiger partial charge is 0.217 e. The Balaban J connectivity index is 0.000000443. The second kappa shape index (κ2) is 60.0. The number of hydrogen-bond acceptors (Lipinski definition) is 17. The van der Waals surface area contributed by atoms with Crippen LogP contribution in [-0.4, -0.2) is 141 Å². The van der Waals surface area contributed by atoms with E-state index in [1.165, 1.54) is 39.8 Å². The minimum absolute atomic E-state index is 0.130. The summed E-state index contributed by atoms with van der Waals surface area (Å²) in [6.07, 6.45) is 19.8. The number of nitrogens with zero attached hydrogens (tertiary/aromatic N) is 2. The van der Waals surface area contributed by atoms with Crippen molar-refractivity contribution in [3.8, 4) is 46.3 Å². The lowest BCUT2D eigenvalue weighted by Crippen LogP contribution is -2.53. The number of rotatable bonds is 28. The number of aryl methyl sites for hydroxylation is 1. The van der Waals surface area contributed by atoms with Crippen LogP contribution in [0.25, 0.3) is 0 Å². The summed E-state index contributed by atoms with van der Waals surface area (Å²) in [5.41, 5.74) is 10.7. The first-order chi connectivity index (χ1) is 68.2. The number of pyridine rings is 2. The summed E-state index contributed by atoms with van der Waals surface area (Å²) in [7, 11) is 0. The van der Waals surface area contributed by atoms with Crippen molar-refractivity contribution in [2.45, 2.75) is 563 Å².